The second kappa shape index (κ2) is 5.13. The molecule has 7 nitrogen and oxygen atoms in total. The monoisotopic (exact) mass is 232 g/mol. The van der Waals surface area contributed by atoms with Crippen LogP contribution in [0.2, 0.25) is 0 Å². The highest BCUT2D eigenvalue weighted by molar-refractivity contribution is 5.83. The molecule has 1 heterocycles. The zero-order valence-electron chi connectivity index (χ0n) is 9.04. The van der Waals surface area contributed by atoms with Crippen LogP contribution in [-0.2, 0) is 4.79 Å². The van der Waals surface area contributed by atoms with Crippen molar-refractivity contribution in [2.45, 2.75) is 18.6 Å². The SMILES string of the molecule is CN(CCO)C(=O)N1C[C@@H](O)C[C@H]1C(=O)O. The number of aliphatic hydroxyl groups excluding tert-OH is 2. The first-order valence-corrected chi connectivity index (χ1v) is 5.00. The summed E-state index contributed by atoms with van der Waals surface area (Å²) in [6.07, 6.45) is -0.749. The van der Waals surface area contributed by atoms with E-state index in [0.717, 1.165) is 4.90 Å². The topological polar surface area (TPSA) is 101 Å². The maximum Gasteiger partial charge on any atom is 0.326 e. The fraction of sp³-hybridized carbons (Fsp3) is 0.778. The molecule has 16 heavy (non-hydrogen) atoms. The predicted molar refractivity (Wildman–Crippen MR) is 53.9 cm³/mol. The second-order valence-corrected chi connectivity index (χ2v) is 3.82. The van der Waals surface area contributed by atoms with Crippen molar-refractivity contribution in [2.75, 3.05) is 26.7 Å². The molecule has 0 aromatic carbocycles. The number of likely N-dealkylation sites (N-methyl/N-ethyl adjacent to an activating group) is 1. The van der Waals surface area contributed by atoms with E-state index in [0.29, 0.717) is 0 Å². The van der Waals surface area contributed by atoms with Gasteiger partial charge < -0.3 is 25.1 Å². The normalized spacial score (nSPS) is 24.6. The number of β-amino-alcohol motifs (C(OH)–C–C–N with tert-alkyl or cyclic N) is 1. The third-order valence-electron chi connectivity index (χ3n) is 2.57. The van der Waals surface area contributed by atoms with Gasteiger partial charge in [0, 0.05) is 26.6 Å². The largest absolute Gasteiger partial charge is 0.480 e. The van der Waals surface area contributed by atoms with E-state index < -0.39 is 24.1 Å². The van der Waals surface area contributed by atoms with Crippen molar-refractivity contribution in [1.29, 1.82) is 0 Å². The number of hydrogen-bond donors (Lipinski definition) is 3. The van der Waals surface area contributed by atoms with Crippen LogP contribution in [0.1, 0.15) is 6.42 Å². The number of aliphatic carboxylic acids is 1. The van der Waals surface area contributed by atoms with Gasteiger partial charge in [-0.25, -0.2) is 9.59 Å². The number of urea groups is 1. The molecule has 92 valence electrons. The number of likely N-dealkylation sites (tertiary alicyclic amines) is 1. The zero-order chi connectivity index (χ0) is 12.3. The van der Waals surface area contributed by atoms with Crippen molar-refractivity contribution in [3.63, 3.8) is 0 Å². The lowest BCUT2D eigenvalue weighted by atomic mass is 10.2. The van der Waals surface area contributed by atoms with E-state index in [1.165, 1.54) is 11.9 Å². The molecule has 3 N–H and O–H groups in total. The number of aliphatic hydroxyl groups is 2. The first kappa shape index (κ1) is 12.7. The minimum atomic E-state index is -1.12. The van der Waals surface area contributed by atoms with Crippen molar-refractivity contribution in [2.24, 2.45) is 0 Å². The van der Waals surface area contributed by atoms with Gasteiger partial charge in [-0.15, -0.1) is 0 Å². The van der Waals surface area contributed by atoms with Gasteiger partial charge in [-0.05, 0) is 0 Å². The molecule has 0 aromatic heterocycles. The second-order valence-electron chi connectivity index (χ2n) is 3.82. The number of nitrogens with zero attached hydrogens (tertiary/aromatic N) is 2. The number of carbonyl (C=O) groups excluding carboxylic acids is 1. The van der Waals surface area contributed by atoms with Crippen molar-refractivity contribution >= 4 is 12.0 Å². The first-order valence-electron chi connectivity index (χ1n) is 5.00. The molecule has 0 spiro atoms. The van der Waals surface area contributed by atoms with Gasteiger partial charge in [-0.2, -0.15) is 0 Å². The van der Waals surface area contributed by atoms with Crippen molar-refractivity contribution in [1.82, 2.24) is 9.80 Å². The Bertz CT molecular complexity index is 283. The van der Waals surface area contributed by atoms with E-state index >= 15 is 0 Å². The fourth-order valence-electron chi connectivity index (χ4n) is 1.72. The van der Waals surface area contributed by atoms with Crippen LogP contribution in [-0.4, -0.2) is 76.0 Å². The smallest absolute Gasteiger partial charge is 0.326 e. The molecule has 7 heteroatoms. The summed E-state index contributed by atoms with van der Waals surface area (Å²) in [5.41, 5.74) is 0. The number of rotatable bonds is 3. The first-order chi connectivity index (χ1) is 7.47. The molecule has 1 aliphatic heterocycles. The molecule has 0 saturated carbocycles. The number of carboxylic acids is 1. The summed E-state index contributed by atoms with van der Waals surface area (Å²) in [5, 5.41) is 26.9. The Morgan fingerprint density at radius 2 is 2.12 bits per heavy atom. The van der Waals surface area contributed by atoms with Crippen molar-refractivity contribution < 1.29 is 24.9 Å². The average Bonchev–Trinajstić information content (AvgIpc) is 2.59. The zero-order valence-corrected chi connectivity index (χ0v) is 9.04. The molecule has 2 amide bonds. The summed E-state index contributed by atoms with van der Waals surface area (Å²) in [6.45, 7) is -0.0281. The van der Waals surface area contributed by atoms with Crippen LogP contribution in [0.15, 0.2) is 0 Å². The highest BCUT2D eigenvalue weighted by Crippen LogP contribution is 2.19. The lowest BCUT2D eigenvalue weighted by Crippen LogP contribution is -2.47. The number of hydrogen-bond acceptors (Lipinski definition) is 4. The summed E-state index contributed by atoms with van der Waals surface area (Å²) < 4.78 is 0. The van der Waals surface area contributed by atoms with Gasteiger partial charge in [0.2, 0.25) is 0 Å². The maximum absolute atomic E-state index is 11.8. The van der Waals surface area contributed by atoms with Gasteiger partial charge in [0.25, 0.3) is 0 Å². The Kier molecular flexibility index (Phi) is 4.08. The molecule has 0 unspecified atom stereocenters. The Hall–Kier alpha value is -1.34. The third-order valence-corrected chi connectivity index (χ3v) is 2.57. The van der Waals surface area contributed by atoms with Crippen LogP contribution in [0, 0.1) is 0 Å². The fourth-order valence-corrected chi connectivity index (χ4v) is 1.72. The van der Waals surface area contributed by atoms with Crippen LogP contribution in [0.25, 0.3) is 0 Å². The summed E-state index contributed by atoms with van der Waals surface area (Å²) in [7, 11) is 1.47. The van der Waals surface area contributed by atoms with E-state index in [9.17, 15) is 14.7 Å². The molecule has 1 rings (SSSR count). The standard InChI is InChI=1S/C9H16N2O5/c1-10(2-3-12)9(16)11-5-6(13)4-7(11)8(14)15/h6-7,12-13H,2-5H2,1H3,(H,14,15)/t6-,7-/m0/s1. The van der Waals surface area contributed by atoms with Gasteiger partial charge in [0.05, 0.1) is 12.7 Å². The van der Waals surface area contributed by atoms with Crippen LogP contribution < -0.4 is 0 Å². The Morgan fingerprint density at radius 3 is 2.62 bits per heavy atom. The number of amides is 2. The third kappa shape index (κ3) is 2.61. The Labute approximate surface area is 92.9 Å². The average molecular weight is 232 g/mol. The minimum Gasteiger partial charge on any atom is -0.480 e. The van der Waals surface area contributed by atoms with E-state index in [2.05, 4.69) is 0 Å². The molecule has 1 fully saturated rings. The summed E-state index contributed by atoms with van der Waals surface area (Å²) in [4.78, 5) is 25.0. The van der Waals surface area contributed by atoms with Crippen LogP contribution >= 0.6 is 0 Å². The van der Waals surface area contributed by atoms with Gasteiger partial charge >= 0.3 is 12.0 Å². The molecular weight excluding hydrogens is 216 g/mol. The molecule has 0 bridgehead atoms. The molecule has 0 aromatic rings. The molecule has 2 atom stereocenters. The van der Waals surface area contributed by atoms with Gasteiger partial charge in [-0.1, -0.05) is 0 Å². The van der Waals surface area contributed by atoms with E-state index in [1.807, 2.05) is 0 Å². The van der Waals surface area contributed by atoms with E-state index in [-0.39, 0.29) is 26.1 Å². The highest BCUT2D eigenvalue weighted by Gasteiger charge is 2.39. The predicted octanol–water partition coefficient (Wildman–Crippen LogP) is -1.45. The molecule has 1 aliphatic rings. The maximum atomic E-state index is 11.8. The van der Waals surface area contributed by atoms with Crippen LogP contribution in [0.5, 0.6) is 0 Å². The summed E-state index contributed by atoms with van der Waals surface area (Å²) in [5.74, 6) is -1.12. The number of carbonyl (C=O) groups is 2. The number of carboxylic acid groups (broad SMARTS) is 1. The Balaban J connectivity index is 2.70. The quantitative estimate of drug-likeness (QED) is 0.552. The Morgan fingerprint density at radius 1 is 1.50 bits per heavy atom. The van der Waals surface area contributed by atoms with Crippen molar-refractivity contribution in [3.05, 3.63) is 0 Å². The van der Waals surface area contributed by atoms with E-state index in [1.54, 1.807) is 0 Å². The van der Waals surface area contributed by atoms with Crippen LogP contribution in [0.4, 0.5) is 4.79 Å². The summed E-state index contributed by atoms with van der Waals surface area (Å²) >= 11 is 0. The lowest BCUT2D eigenvalue weighted by molar-refractivity contribution is -0.141. The summed E-state index contributed by atoms with van der Waals surface area (Å²) in [6, 6.07) is -1.47. The van der Waals surface area contributed by atoms with Crippen LogP contribution in [0.3, 0.4) is 0 Å². The molecule has 0 radical (unpaired) electrons. The van der Waals surface area contributed by atoms with Gasteiger partial charge in [-0.3, -0.25) is 0 Å². The lowest BCUT2D eigenvalue weighted by Gasteiger charge is -2.26. The minimum absolute atomic E-state index is 0.0194. The van der Waals surface area contributed by atoms with Crippen molar-refractivity contribution in [3.8, 4) is 0 Å². The van der Waals surface area contributed by atoms with E-state index in [4.69, 9.17) is 10.2 Å². The van der Waals surface area contributed by atoms with Gasteiger partial charge in [0.15, 0.2) is 0 Å². The molecular formula is C9H16N2O5. The highest BCUT2D eigenvalue weighted by atomic mass is 16.4. The molecule has 1 saturated heterocycles. The molecule has 0 aliphatic carbocycles. The van der Waals surface area contributed by atoms with Gasteiger partial charge in [0.1, 0.15) is 6.04 Å².